The molecule has 0 heterocycles. The smallest absolute Gasteiger partial charge is 0.342 e. The first-order valence-corrected chi connectivity index (χ1v) is 10.1. The highest BCUT2D eigenvalue weighted by Gasteiger charge is 2.27. The highest BCUT2D eigenvalue weighted by atomic mass is 16.5. The molecule has 2 aliphatic carbocycles. The molecule has 0 aliphatic heterocycles. The van der Waals surface area contributed by atoms with Crippen molar-refractivity contribution in [1.82, 2.24) is 0 Å². The second-order valence-corrected chi connectivity index (χ2v) is 7.68. The van der Waals surface area contributed by atoms with Gasteiger partial charge >= 0.3 is 5.97 Å². The number of carbonyl (C=O) groups excluding carboxylic acids is 1. The van der Waals surface area contributed by atoms with Crippen molar-refractivity contribution in [2.45, 2.75) is 26.7 Å². The molecule has 5 heteroatoms. The first kappa shape index (κ1) is 21.4. The molecule has 0 aromatic heterocycles. The maximum absolute atomic E-state index is 12.6. The average molecular weight is 405 g/mol. The number of nitrogens with zero attached hydrogens (tertiary/aromatic N) is 2. The van der Waals surface area contributed by atoms with Crippen LogP contribution in [-0.4, -0.2) is 38.0 Å². The van der Waals surface area contributed by atoms with Gasteiger partial charge in [-0.05, 0) is 48.2 Å². The number of rotatable bonds is 6. The van der Waals surface area contributed by atoms with Crippen molar-refractivity contribution in [1.29, 1.82) is 0 Å². The predicted octanol–water partition coefficient (Wildman–Crippen LogP) is 5.61. The molecule has 3 rings (SSSR count). The summed E-state index contributed by atoms with van der Waals surface area (Å²) in [5.41, 5.74) is 5.07. The fraction of sp³-hybridized carbons (Fsp3) is 0.280. The molecule has 1 N–H and O–H groups in total. The topological polar surface area (TPSA) is 62.1 Å². The van der Waals surface area contributed by atoms with Gasteiger partial charge < -0.3 is 14.7 Å². The summed E-state index contributed by atoms with van der Waals surface area (Å²) in [6.45, 7) is 6.20. The number of aromatic hydroxyl groups is 1. The maximum atomic E-state index is 12.6. The molecule has 0 spiro atoms. The quantitative estimate of drug-likeness (QED) is 0.428. The predicted molar refractivity (Wildman–Crippen MR) is 123 cm³/mol. The van der Waals surface area contributed by atoms with Gasteiger partial charge in [-0.15, -0.1) is 0 Å². The lowest BCUT2D eigenvalue weighted by atomic mass is 10.0. The molecule has 1 aromatic rings. The Labute approximate surface area is 178 Å². The molecule has 0 saturated carbocycles. The summed E-state index contributed by atoms with van der Waals surface area (Å²) in [5.74, 6) is -0.336. The summed E-state index contributed by atoms with van der Waals surface area (Å²) in [7, 11) is 3.96. The van der Waals surface area contributed by atoms with Crippen LogP contribution in [0.4, 0.5) is 11.4 Å². The molecule has 156 valence electrons. The minimum Gasteiger partial charge on any atom is -0.506 e. The number of ether oxygens (including phenoxy) is 1. The number of benzene rings is 1. The number of aliphatic imine (C=N–C) groups is 1. The molecular weight excluding hydrogens is 376 g/mol. The minimum atomic E-state index is -0.535. The second kappa shape index (κ2) is 8.99. The van der Waals surface area contributed by atoms with Crippen molar-refractivity contribution >= 4 is 23.6 Å². The normalized spacial score (nSPS) is 11.4. The minimum absolute atomic E-state index is 0.0991. The third-order valence-electron chi connectivity index (χ3n) is 5.06. The zero-order valence-electron chi connectivity index (χ0n) is 18.1. The summed E-state index contributed by atoms with van der Waals surface area (Å²) in [6.07, 6.45) is 1.62. The first-order valence-electron chi connectivity index (χ1n) is 10.1. The van der Waals surface area contributed by atoms with E-state index < -0.39 is 5.97 Å². The van der Waals surface area contributed by atoms with Crippen LogP contribution in [-0.2, 0) is 4.74 Å². The molecule has 1 aromatic carbocycles. The average Bonchev–Trinajstić information content (AvgIpc) is 2.83. The van der Waals surface area contributed by atoms with Crippen molar-refractivity contribution in [3.8, 4) is 16.9 Å². The van der Waals surface area contributed by atoms with Gasteiger partial charge in [-0.1, -0.05) is 38.1 Å². The van der Waals surface area contributed by atoms with E-state index in [2.05, 4.69) is 18.8 Å². The van der Waals surface area contributed by atoms with Crippen LogP contribution in [0.25, 0.3) is 11.1 Å². The van der Waals surface area contributed by atoms with Crippen molar-refractivity contribution in [3.05, 3.63) is 65.2 Å². The van der Waals surface area contributed by atoms with E-state index in [1.807, 2.05) is 67.5 Å². The van der Waals surface area contributed by atoms with Crippen molar-refractivity contribution in [2.24, 2.45) is 4.99 Å². The zero-order valence-corrected chi connectivity index (χ0v) is 18.1. The van der Waals surface area contributed by atoms with Crippen LogP contribution < -0.4 is 4.90 Å². The van der Waals surface area contributed by atoms with Gasteiger partial charge in [0.05, 0.1) is 12.3 Å². The molecule has 0 atom stereocenters. The van der Waals surface area contributed by atoms with E-state index in [-0.39, 0.29) is 17.9 Å². The highest BCUT2D eigenvalue weighted by Crippen LogP contribution is 2.42. The molecule has 30 heavy (non-hydrogen) atoms. The Morgan fingerprint density at radius 2 is 1.83 bits per heavy atom. The van der Waals surface area contributed by atoms with Gasteiger partial charge in [0.25, 0.3) is 0 Å². The van der Waals surface area contributed by atoms with Gasteiger partial charge in [-0.3, -0.25) is 4.99 Å². The summed E-state index contributed by atoms with van der Waals surface area (Å²) in [6, 6.07) is 15.6. The summed E-state index contributed by atoms with van der Waals surface area (Å²) < 4.78 is 5.19. The van der Waals surface area contributed by atoms with Gasteiger partial charge in [-0.25, -0.2) is 4.79 Å². The summed E-state index contributed by atoms with van der Waals surface area (Å²) in [4.78, 5) is 19.1. The van der Waals surface area contributed by atoms with E-state index in [1.54, 1.807) is 13.1 Å². The Bertz CT molecular complexity index is 1040. The Morgan fingerprint density at radius 3 is 2.43 bits per heavy atom. The lowest BCUT2D eigenvalue weighted by Gasteiger charge is -2.11. The second-order valence-electron chi connectivity index (χ2n) is 7.68. The van der Waals surface area contributed by atoms with Gasteiger partial charge in [0, 0.05) is 37.1 Å². The largest absolute Gasteiger partial charge is 0.506 e. The number of hydrogen-bond acceptors (Lipinski definition) is 5. The number of esters is 1. The zero-order chi connectivity index (χ0) is 21.8. The summed E-state index contributed by atoms with van der Waals surface area (Å²) in [5, 5.41) is 10.9. The Balaban J connectivity index is 2.13. The molecule has 2 aliphatic rings. The van der Waals surface area contributed by atoms with Crippen molar-refractivity contribution in [3.63, 3.8) is 0 Å². The fourth-order valence-electron chi connectivity index (χ4n) is 3.34. The molecular formula is C25H28N2O3. The van der Waals surface area contributed by atoms with E-state index >= 15 is 0 Å². The van der Waals surface area contributed by atoms with E-state index in [0.717, 1.165) is 22.5 Å². The number of anilines is 1. The third-order valence-corrected chi connectivity index (χ3v) is 5.06. The van der Waals surface area contributed by atoms with Crippen molar-refractivity contribution < 1.29 is 14.6 Å². The number of carbonyl (C=O) groups is 1. The Kier molecular flexibility index (Phi) is 6.40. The van der Waals surface area contributed by atoms with Crippen LogP contribution in [0.15, 0.2) is 53.5 Å². The molecule has 0 bridgehead atoms. The fourth-order valence-corrected chi connectivity index (χ4v) is 3.34. The SMILES string of the molecule is CCOC(=O)c1c2cccc(C(C)C)cc-2c(C=Nc2ccc(N(C)C)cc2)c1O. The monoisotopic (exact) mass is 404 g/mol. The molecule has 0 unspecified atom stereocenters. The van der Waals surface area contributed by atoms with Gasteiger partial charge in [0.15, 0.2) is 0 Å². The van der Waals surface area contributed by atoms with E-state index in [0.29, 0.717) is 17.0 Å². The first-order chi connectivity index (χ1) is 14.3. The van der Waals surface area contributed by atoms with Crippen LogP contribution in [0.3, 0.4) is 0 Å². The van der Waals surface area contributed by atoms with Crippen LogP contribution in [0.1, 0.15) is 48.2 Å². The van der Waals surface area contributed by atoms with Crippen LogP contribution >= 0.6 is 0 Å². The third kappa shape index (κ3) is 4.30. The van der Waals surface area contributed by atoms with E-state index in [4.69, 9.17) is 4.74 Å². The van der Waals surface area contributed by atoms with E-state index in [9.17, 15) is 9.90 Å². The molecule has 0 amide bonds. The van der Waals surface area contributed by atoms with Crippen LogP contribution in [0.5, 0.6) is 5.75 Å². The number of hydrogen-bond donors (Lipinski definition) is 1. The lowest BCUT2D eigenvalue weighted by Crippen LogP contribution is -2.07. The van der Waals surface area contributed by atoms with Crippen LogP contribution in [0.2, 0.25) is 0 Å². The Morgan fingerprint density at radius 1 is 1.13 bits per heavy atom. The molecule has 0 saturated heterocycles. The molecule has 0 radical (unpaired) electrons. The van der Waals surface area contributed by atoms with E-state index in [1.165, 1.54) is 0 Å². The highest BCUT2D eigenvalue weighted by molar-refractivity contribution is 6.10. The number of fused-ring (bicyclic) bond motifs is 1. The standard InChI is InChI=1S/C25H28N2O3/c1-6-30-25(29)23-20-9-7-8-17(16(2)3)14-21(20)22(24(23)28)15-26-18-10-12-19(13-11-18)27(4)5/h7-16,28H,6H2,1-5H3. The van der Waals surface area contributed by atoms with Crippen molar-refractivity contribution in [2.75, 3.05) is 25.6 Å². The Hall–Kier alpha value is -3.34. The van der Waals surface area contributed by atoms with Gasteiger partial charge in [0.2, 0.25) is 0 Å². The van der Waals surface area contributed by atoms with Gasteiger partial charge in [-0.2, -0.15) is 0 Å². The molecule has 0 fully saturated rings. The molecule has 5 nitrogen and oxygen atoms in total. The van der Waals surface area contributed by atoms with Gasteiger partial charge in [0.1, 0.15) is 11.3 Å². The summed E-state index contributed by atoms with van der Waals surface area (Å²) >= 11 is 0. The lowest BCUT2D eigenvalue weighted by molar-refractivity contribution is 0.0524. The van der Waals surface area contributed by atoms with Crippen LogP contribution in [0, 0.1) is 0 Å². The maximum Gasteiger partial charge on any atom is 0.342 e.